The number of carbonyl (C=O) groups excluding carboxylic acids is 3. The van der Waals surface area contributed by atoms with Gasteiger partial charge in [-0.15, -0.1) is 0 Å². The summed E-state index contributed by atoms with van der Waals surface area (Å²) in [7, 11) is 1.43. The fraction of sp³-hybridized carbons (Fsp3) is 0.308. The topological polar surface area (TPSA) is 78.5 Å². The van der Waals surface area contributed by atoms with E-state index in [1.54, 1.807) is 24.3 Å². The molecule has 6 nitrogen and oxygen atoms in total. The van der Waals surface area contributed by atoms with Gasteiger partial charge in [0.1, 0.15) is 0 Å². The van der Waals surface area contributed by atoms with Crippen LogP contribution in [0.2, 0.25) is 5.02 Å². The molecule has 0 bridgehead atoms. The van der Waals surface area contributed by atoms with Crippen LogP contribution in [0, 0.1) is 0 Å². The van der Waals surface area contributed by atoms with Crippen LogP contribution in [0.3, 0.4) is 0 Å². The number of hydrogen-bond donors (Lipinski definition) is 2. The van der Waals surface area contributed by atoms with E-state index in [0.29, 0.717) is 10.7 Å². The molecule has 1 aromatic rings. The molecule has 1 atom stereocenters. The van der Waals surface area contributed by atoms with Crippen molar-refractivity contribution in [2.75, 3.05) is 18.9 Å². The molecule has 3 amide bonds. The van der Waals surface area contributed by atoms with Gasteiger partial charge in [0.15, 0.2) is 0 Å². The van der Waals surface area contributed by atoms with Crippen LogP contribution >= 0.6 is 11.6 Å². The molecule has 1 aliphatic rings. The van der Waals surface area contributed by atoms with Gasteiger partial charge in [0.25, 0.3) is 0 Å². The molecular formula is C13H14ClN3O3. The zero-order valence-corrected chi connectivity index (χ0v) is 11.6. The van der Waals surface area contributed by atoms with Gasteiger partial charge in [0.2, 0.25) is 17.7 Å². The Labute approximate surface area is 121 Å². The minimum Gasteiger partial charge on any atom is -0.324 e. The summed E-state index contributed by atoms with van der Waals surface area (Å²) in [6.45, 7) is -0.0667. The van der Waals surface area contributed by atoms with Crippen molar-refractivity contribution in [3.8, 4) is 0 Å². The Hall–Kier alpha value is -1.92. The van der Waals surface area contributed by atoms with Crippen molar-refractivity contribution in [1.29, 1.82) is 0 Å². The van der Waals surface area contributed by atoms with Crippen molar-refractivity contribution in [2.24, 2.45) is 0 Å². The Bertz CT molecular complexity index is 562. The molecule has 0 radical (unpaired) electrons. The maximum atomic E-state index is 11.7. The molecule has 2 N–H and O–H groups in total. The highest BCUT2D eigenvalue weighted by molar-refractivity contribution is 6.33. The van der Waals surface area contributed by atoms with Gasteiger partial charge in [-0.3, -0.25) is 24.6 Å². The number of amides is 3. The van der Waals surface area contributed by atoms with E-state index < -0.39 is 6.04 Å². The van der Waals surface area contributed by atoms with Gasteiger partial charge in [0.05, 0.1) is 29.7 Å². The molecule has 0 saturated carbocycles. The monoisotopic (exact) mass is 295 g/mol. The van der Waals surface area contributed by atoms with Crippen molar-refractivity contribution >= 4 is 35.0 Å². The Morgan fingerprint density at radius 2 is 2.10 bits per heavy atom. The number of nitrogens with zero attached hydrogens (tertiary/aromatic N) is 1. The number of hydrogen-bond acceptors (Lipinski definition) is 4. The van der Waals surface area contributed by atoms with Crippen LogP contribution in [0.15, 0.2) is 24.3 Å². The number of likely N-dealkylation sites (tertiary alicyclic amines) is 1. The average molecular weight is 296 g/mol. The SMILES string of the molecule is CN1C(=O)CC(NCC(=O)Nc2ccccc2Cl)C1=O. The largest absolute Gasteiger partial charge is 0.324 e. The minimum absolute atomic E-state index is 0.0667. The highest BCUT2D eigenvalue weighted by Crippen LogP contribution is 2.20. The Balaban J connectivity index is 1.86. The normalized spacial score (nSPS) is 18.5. The van der Waals surface area contributed by atoms with E-state index in [0.717, 1.165) is 4.90 Å². The Kier molecular flexibility index (Phi) is 4.36. The van der Waals surface area contributed by atoms with E-state index in [1.807, 2.05) is 0 Å². The summed E-state index contributed by atoms with van der Waals surface area (Å²) >= 11 is 5.92. The molecule has 1 aliphatic heterocycles. The van der Waals surface area contributed by atoms with Crippen LogP contribution < -0.4 is 10.6 Å². The lowest BCUT2D eigenvalue weighted by Gasteiger charge is -2.11. The highest BCUT2D eigenvalue weighted by atomic mass is 35.5. The second-order valence-corrected chi connectivity index (χ2v) is 4.86. The maximum absolute atomic E-state index is 11.7. The first-order valence-corrected chi connectivity index (χ1v) is 6.45. The van der Waals surface area contributed by atoms with Gasteiger partial charge in [-0.2, -0.15) is 0 Å². The van der Waals surface area contributed by atoms with Crippen LogP contribution in [0.25, 0.3) is 0 Å². The van der Waals surface area contributed by atoms with Crippen LogP contribution in [0.1, 0.15) is 6.42 Å². The van der Waals surface area contributed by atoms with Gasteiger partial charge < -0.3 is 5.32 Å². The molecule has 1 aromatic carbocycles. The molecule has 1 fully saturated rings. The van der Waals surface area contributed by atoms with Gasteiger partial charge in [0, 0.05) is 7.05 Å². The average Bonchev–Trinajstić information content (AvgIpc) is 2.66. The lowest BCUT2D eigenvalue weighted by Crippen LogP contribution is -2.41. The van der Waals surface area contributed by atoms with Crippen LogP contribution in [-0.4, -0.2) is 42.3 Å². The number of imide groups is 1. The quantitative estimate of drug-likeness (QED) is 0.799. The first-order valence-electron chi connectivity index (χ1n) is 6.07. The molecule has 2 rings (SSSR count). The third-order valence-corrected chi connectivity index (χ3v) is 3.37. The zero-order valence-electron chi connectivity index (χ0n) is 10.9. The van der Waals surface area contributed by atoms with Gasteiger partial charge in [-0.1, -0.05) is 23.7 Å². The molecule has 20 heavy (non-hydrogen) atoms. The van der Waals surface area contributed by atoms with E-state index in [9.17, 15) is 14.4 Å². The van der Waals surface area contributed by atoms with Crippen molar-refractivity contribution in [3.05, 3.63) is 29.3 Å². The predicted octanol–water partition coefficient (Wildman–Crippen LogP) is 0.625. The van der Waals surface area contributed by atoms with E-state index >= 15 is 0 Å². The molecule has 1 heterocycles. The number of rotatable bonds is 4. The molecule has 0 spiro atoms. The number of nitrogens with one attached hydrogen (secondary N) is 2. The lowest BCUT2D eigenvalue weighted by atomic mass is 10.2. The summed E-state index contributed by atoms with van der Waals surface area (Å²) in [5.74, 6) is -0.896. The van der Waals surface area contributed by atoms with Crippen LogP contribution in [-0.2, 0) is 14.4 Å². The summed E-state index contributed by atoms with van der Waals surface area (Å²) in [5.41, 5.74) is 0.506. The smallest absolute Gasteiger partial charge is 0.246 e. The van der Waals surface area contributed by atoms with E-state index in [2.05, 4.69) is 10.6 Å². The number of para-hydroxylation sites is 1. The second kappa shape index (κ2) is 6.02. The number of anilines is 1. The molecule has 106 valence electrons. The third-order valence-electron chi connectivity index (χ3n) is 3.04. The van der Waals surface area contributed by atoms with Crippen LogP contribution in [0.5, 0.6) is 0 Å². The predicted molar refractivity (Wildman–Crippen MR) is 74.3 cm³/mol. The van der Waals surface area contributed by atoms with Crippen LogP contribution in [0.4, 0.5) is 5.69 Å². The zero-order chi connectivity index (χ0) is 14.7. The molecule has 0 aliphatic carbocycles. The standard InChI is InChI=1S/C13H14ClN3O3/c1-17-12(19)6-10(13(17)20)15-7-11(18)16-9-5-3-2-4-8(9)14/h2-5,10,15H,6-7H2,1H3,(H,16,18). The fourth-order valence-electron chi connectivity index (χ4n) is 1.89. The summed E-state index contributed by atoms with van der Waals surface area (Å²) in [4.78, 5) is 35.8. The van der Waals surface area contributed by atoms with E-state index in [1.165, 1.54) is 7.05 Å². The third kappa shape index (κ3) is 3.15. The van der Waals surface area contributed by atoms with Gasteiger partial charge in [-0.05, 0) is 12.1 Å². The molecule has 7 heteroatoms. The Morgan fingerprint density at radius 1 is 1.40 bits per heavy atom. The number of halogens is 1. The lowest BCUT2D eigenvalue weighted by molar-refractivity contribution is -0.137. The molecule has 1 unspecified atom stereocenters. The summed E-state index contributed by atoms with van der Waals surface area (Å²) < 4.78 is 0. The van der Waals surface area contributed by atoms with E-state index in [-0.39, 0.29) is 30.7 Å². The van der Waals surface area contributed by atoms with Crippen molar-refractivity contribution in [3.63, 3.8) is 0 Å². The number of likely N-dealkylation sites (N-methyl/N-ethyl adjacent to an activating group) is 1. The van der Waals surface area contributed by atoms with Crippen molar-refractivity contribution in [1.82, 2.24) is 10.2 Å². The molecule has 0 aromatic heterocycles. The number of benzene rings is 1. The first kappa shape index (κ1) is 14.5. The number of carbonyl (C=O) groups is 3. The van der Waals surface area contributed by atoms with Gasteiger partial charge in [-0.25, -0.2) is 0 Å². The fourth-order valence-corrected chi connectivity index (χ4v) is 2.07. The first-order chi connectivity index (χ1) is 9.49. The minimum atomic E-state index is -0.635. The summed E-state index contributed by atoms with van der Waals surface area (Å²) in [5, 5.41) is 5.83. The Morgan fingerprint density at radius 3 is 2.70 bits per heavy atom. The summed E-state index contributed by atoms with van der Waals surface area (Å²) in [6, 6.07) is 6.22. The second-order valence-electron chi connectivity index (χ2n) is 4.46. The molecular weight excluding hydrogens is 282 g/mol. The maximum Gasteiger partial charge on any atom is 0.246 e. The van der Waals surface area contributed by atoms with Gasteiger partial charge >= 0.3 is 0 Å². The summed E-state index contributed by atoms with van der Waals surface area (Å²) in [6.07, 6.45) is 0.0781. The van der Waals surface area contributed by atoms with Crippen molar-refractivity contribution in [2.45, 2.75) is 12.5 Å². The van der Waals surface area contributed by atoms with E-state index in [4.69, 9.17) is 11.6 Å². The van der Waals surface area contributed by atoms with Crippen molar-refractivity contribution < 1.29 is 14.4 Å². The molecule has 1 saturated heterocycles. The highest BCUT2D eigenvalue weighted by Gasteiger charge is 2.35.